The molecule has 0 spiro atoms. The van der Waals surface area contributed by atoms with Crippen LogP contribution in [0.5, 0.6) is 5.75 Å². The van der Waals surface area contributed by atoms with Crippen LogP contribution in [0.15, 0.2) is 12.1 Å². The van der Waals surface area contributed by atoms with E-state index in [0.717, 1.165) is 5.56 Å². The molecule has 0 saturated heterocycles. The van der Waals surface area contributed by atoms with Crippen molar-refractivity contribution in [1.29, 1.82) is 0 Å². The molecule has 0 amide bonds. The van der Waals surface area contributed by atoms with Gasteiger partial charge >= 0.3 is 5.97 Å². The molecular formula is C11H14O3. The molecule has 0 saturated carbocycles. The molecule has 3 nitrogen and oxygen atoms in total. The first-order valence-electron chi connectivity index (χ1n) is 4.51. The van der Waals surface area contributed by atoms with Crippen molar-refractivity contribution in [3.05, 3.63) is 28.8 Å². The minimum absolute atomic E-state index is 0.264. The van der Waals surface area contributed by atoms with Crippen LogP contribution in [0.4, 0.5) is 0 Å². The zero-order chi connectivity index (χ0) is 10.7. The molecule has 0 heterocycles. The van der Waals surface area contributed by atoms with Crippen LogP contribution in [-0.2, 0) is 11.2 Å². The highest BCUT2D eigenvalue weighted by Crippen LogP contribution is 2.24. The largest absolute Gasteiger partial charge is 0.507 e. The molecule has 14 heavy (non-hydrogen) atoms. The second kappa shape index (κ2) is 4.13. The molecule has 1 aromatic carbocycles. The first-order chi connectivity index (χ1) is 6.60. The summed E-state index contributed by atoms with van der Waals surface area (Å²) in [5.41, 5.74) is 1.95. The molecule has 76 valence electrons. The van der Waals surface area contributed by atoms with Gasteiger partial charge in [0, 0.05) is 0 Å². The fourth-order valence-electron chi connectivity index (χ4n) is 1.36. The Hall–Kier alpha value is -1.51. The number of carbonyl (C=O) groups excluding carboxylic acids is 1. The Morgan fingerprint density at radius 1 is 1.50 bits per heavy atom. The first-order valence-corrected chi connectivity index (χ1v) is 4.51. The lowest BCUT2D eigenvalue weighted by Crippen LogP contribution is -2.02. The number of phenolic OH excluding ortho intramolecular Hbond substituents is 1. The third-order valence-electron chi connectivity index (χ3n) is 2.18. The molecule has 0 aliphatic heterocycles. The number of benzene rings is 1. The second-order valence-corrected chi connectivity index (χ2v) is 3.15. The number of aryl methyl sites for hydroxylation is 2. The summed E-state index contributed by atoms with van der Waals surface area (Å²) in [6, 6.07) is 3.29. The van der Waals surface area contributed by atoms with Crippen LogP contribution in [0.3, 0.4) is 0 Å². The Kier molecular flexibility index (Phi) is 3.12. The van der Waals surface area contributed by atoms with E-state index in [1.807, 2.05) is 6.92 Å². The summed E-state index contributed by atoms with van der Waals surface area (Å²) in [6.45, 7) is 3.69. The molecule has 0 unspecified atom stereocenters. The van der Waals surface area contributed by atoms with Gasteiger partial charge in [-0.15, -0.1) is 0 Å². The Morgan fingerprint density at radius 3 is 2.64 bits per heavy atom. The summed E-state index contributed by atoms with van der Waals surface area (Å²) in [4.78, 5) is 11.2. The lowest BCUT2D eigenvalue weighted by atomic mass is 10.0. The topological polar surface area (TPSA) is 46.5 Å². The summed E-state index contributed by atoms with van der Waals surface area (Å²) in [5.74, 6) is -0.108. The van der Waals surface area contributed by atoms with Crippen molar-refractivity contribution in [3.63, 3.8) is 0 Å². The first kappa shape index (κ1) is 10.6. The van der Waals surface area contributed by atoms with Gasteiger partial charge in [-0.1, -0.05) is 6.92 Å². The Balaban J connectivity index is 3.22. The number of ether oxygens (including phenoxy) is 1. The van der Waals surface area contributed by atoms with Crippen molar-refractivity contribution in [2.45, 2.75) is 20.3 Å². The standard InChI is InChI=1S/C11H14O3/c1-4-8-6-9(11(13)14-3)5-7(2)10(8)12/h5-6,12H,4H2,1-3H3. The van der Waals surface area contributed by atoms with Gasteiger partial charge in [0.25, 0.3) is 0 Å². The Labute approximate surface area is 83.3 Å². The maximum Gasteiger partial charge on any atom is 0.337 e. The van der Waals surface area contributed by atoms with Crippen LogP contribution in [0.2, 0.25) is 0 Å². The fraction of sp³-hybridized carbons (Fsp3) is 0.364. The molecule has 0 fully saturated rings. The number of methoxy groups -OCH3 is 1. The number of hydrogen-bond donors (Lipinski definition) is 1. The van der Waals surface area contributed by atoms with E-state index in [-0.39, 0.29) is 11.7 Å². The van der Waals surface area contributed by atoms with Gasteiger partial charge < -0.3 is 9.84 Å². The summed E-state index contributed by atoms with van der Waals surface area (Å²) in [7, 11) is 1.34. The predicted molar refractivity (Wildman–Crippen MR) is 53.6 cm³/mol. The van der Waals surface area contributed by atoms with E-state index in [1.165, 1.54) is 7.11 Å². The molecule has 0 atom stereocenters. The van der Waals surface area contributed by atoms with Gasteiger partial charge in [0.15, 0.2) is 0 Å². The van der Waals surface area contributed by atoms with Crippen molar-refractivity contribution in [2.75, 3.05) is 7.11 Å². The quantitative estimate of drug-likeness (QED) is 0.733. The van der Waals surface area contributed by atoms with Crippen LogP contribution >= 0.6 is 0 Å². The summed E-state index contributed by atoms with van der Waals surface area (Å²) in [6.07, 6.45) is 0.692. The van der Waals surface area contributed by atoms with E-state index < -0.39 is 0 Å². The highest BCUT2D eigenvalue weighted by atomic mass is 16.5. The molecule has 1 aromatic rings. The van der Waals surface area contributed by atoms with Crippen molar-refractivity contribution in [3.8, 4) is 5.75 Å². The smallest absolute Gasteiger partial charge is 0.337 e. The second-order valence-electron chi connectivity index (χ2n) is 3.15. The summed E-state index contributed by atoms with van der Waals surface area (Å²) in [5, 5.41) is 9.62. The monoisotopic (exact) mass is 194 g/mol. The molecule has 0 radical (unpaired) electrons. The SMILES string of the molecule is CCc1cc(C(=O)OC)cc(C)c1O. The highest BCUT2D eigenvalue weighted by molar-refractivity contribution is 5.90. The minimum Gasteiger partial charge on any atom is -0.507 e. The average molecular weight is 194 g/mol. The minimum atomic E-state index is -0.372. The van der Waals surface area contributed by atoms with Gasteiger partial charge in [0.2, 0.25) is 0 Å². The van der Waals surface area contributed by atoms with E-state index in [4.69, 9.17) is 0 Å². The fourth-order valence-corrected chi connectivity index (χ4v) is 1.36. The molecule has 1 rings (SSSR count). The van der Waals surface area contributed by atoms with E-state index in [0.29, 0.717) is 17.5 Å². The Bertz CT molecular complexity index is 356. The third kappa shape index (κ3) is 1.87. The number of esters is 1. The third-order valence-corrected chi connectivity index (χ3v) is 2.18. The van der Waals surface area contributed by atoms with E-state index in [9.17, 15) is 9.90 Å². The van der Waals surface area contributed by atoms with Crippen LogP contribution < -0.4 is 0 Å². The number of aromatic hydroxyl groups is 1. The summed E-state index contributed by atoms with van der Waals surface area (Å²) < 4.78 is 4.61. The van der Waals surface area contributed by atoms with E-state index in [1.54, 1.807) is 19.1 Å². The van der Waals surface area contributed by atoms with Crippen molar-refractivity contribution < 1.29 is 14.6 Å². The van der Waals surface area contributed by atoms with Gasteiger partial charge in [0.05, 0.1) is 12.7 Å². The average Bonchev–Trinajstić information content (AvgIpc) is 2.20. The number of hydrogen-bond acceptors (Lipinski definition) is 3. The van der Waals surface area contributed by atoms with Gasteiger partial charge in [-0.25, -0.2) is 4.79 Å². The number of rotatable bonds is 2. The lowest BCUT2D eigenvalue weighted by molar-refractivity contribution is 0.0600. The molecule has 0 aliphatic carbocycles. The molecule has 0 aromatic heterocycles. The highest BCUT2D eigenvalue weighted by Gasteiger charge is 2.10. The zero-order valence-corrected chi connectivity index (χ0v) is 8.63. The molecule has 0 bridgehead atoms. The predicted octanol–water partition coefficient (Wildman–Crippen LogP) is 2.05. The van der Waals surface area contributed by atoms with Crippen LogP contribution in [0.1, 0.15) is 28.4 Å². The van der Waals surface area contributed by atoms with Gasteiger partial charge in [-0.3, -0.25) is 0 Å². The number of carbonyl (C=O) groups is 1. The summed E-state index contributed by atoms with van der Waals surface area (Å²) >= 11 is 0. The van der Waals surface area contributed by atoms with Crippen LogP contribution in [0, 0.1) is 6.92 Å². The van der Waals surface area contributed by atoms with Crippen molar-refractivity contribution in [2.24, 2.45) is 0 Å². The van der Waals surface area contributed by atoms with Crippen molar-refractivity contribution >= 4 is 5.97 Å². The zero-order valence-electron chi connectivity index (χ0n) is 8.63. The number of phenols is 1. The Morgan fingerprint density at radius 2 is 2.14 bits per heavy atom. The molecule has 1 N–H and O–H groups in total. The van der Waals surface area contributed by atoms with Crippen molar-refractivity contribution in [1.82, 2.24) is 0 Å². The van der Waals surface area contributed by atoms with E-state index >= 15 is 0 Å². The van der Waals surface area contributed by atoms with Crippen LogP contribution in [0.25, 0.3) is 0 Å². The van der Waals surface area contributed by atoms with Gasteiger partial charge in [-0.2, -0.15) is 0 Å². The maximum absolute atomic E-state index is 11.2. The molecule has 3 heteroatoms. The van der Waals surface area contributed by atoms with Gasteiger partial charge in [-0.05, 0) is 36.6 Å². The molecular weight excluding hydrogens is 180 g/mol. The maximum atomic E-state index is 11.2. The normalized spacial score (nSPS) is 9.93. The lowest BCUT2D eigenvalue weighted by Gasteiger charge is -2.07. The molecule has 0 aliphatic rings. The van der Waals surface area contributed by atoms with Crippen LogP contribution in [-0.4, -0.2) is 18.2 Å². The van der Waals surface area contributed by atoms with E-state index in [2.05, 4.69) is 4.74 Å². The van der Waals surface area contributed by atoms with Gasteiger partial charge in [0.1, 0.15) is 5.75 Å².